The number of carbonyl (C=O) groups is 1. The van der Waals surface area contributed by atoms with Crippen LogP contribution in [-0.4, -0.2) is 33.2 Å². The Morgan fingerprint density at radius 2 is 1.80 bits per heavy atom. The minimum Gasteiger partial charge on any atom is -0.493 e. The molecule has 1 amide bonds. The second kappa shape index (κ2) is 7.57. The minimum absolute atomic E-state index is 0.155. The van der Waals surface area contributed by atoms with Crippen molar-refractivity contribution in [2.45, 2.75) is 12.8 Å². The van der Waals surface area contributed by atoms with Gasteiger partial charge in [0.2, 0.25) is 15.9 Å². The summed E-state index contributed by atoms with van der Waals surface area (Å²) in [5, 5.41) is 2.78. The quantitative estimate of drug-likeness (QED) is 0.859. The number of ether oxygens (including phenoxy) is 1. The summed E-state index contributed by atoms with van der Waals surface area (Å²) >= 11 is 0. The molecule has 0 spiro atoms. The Kier molecular flexibility index (Phi) is 5.23. The Labute approximate surface area is 147 Å². The van der Waals surface area contributed by atoms with Gasteiger partial charge in [0.25, 0.3) is 0 Å². The van der Waals surface area contributed by atoms with E-state index < -0.39 is 10.0 Å². The van der Waals surface area contributed by atoms with Crippen molar-refractivity contribution in [2.24, 2.45) is 0 Å². The van der Waals surface area contributed by atoms with Crippen LogP contribution in [0.4, 0.5) is 11.4 Å². The molecule has 1 fully saturated rings. The average Bonchev–Trinajstić information content (AvgIpc) is 2.96. The van der Waals surface area contributed by atoms with Crippen LogP contribution in [0.5, 0.6) is 5.75 Å². The summed E-state index contributed by atoms with van der Waals surface area (Å²) in [6.45, 7) is 0.796. The Hall–Kier alpha value is -2.54. The number of hydrogen-bond donors (Lipinski definition) is 1. The lowest BCUT2D eigenvalue weighted by Gasteiger charge is -2.17. The number of nitrogens with zero attached hydrogens (tertiary/aromatic N) is 1. The number of amides is 1. The molecule has 0 unspecified atom stereocenters. The van der Waals surface area contributed by atoms with Gasteiger partial charge in [-0.15, -0.1) is 0 Å². The molecular formula is C18H20N2O4S. The van der Waals surface area contributed by atoms with Crippen molar-refractivity contribution >= 4 is 27.3 Å². The van der Waals surface area contributed by atoms with Crippen LogP contribution in [0.2, 0.25) is 0 Å². The van der Waals surface area contributed by atoms with Crippen molar-refractivity contribution in [3.63, 3.8) is 0 Å². The van der Waals surface area contributed by atoms with E-state index in [1.54, 1.807) is 24.3 Å². The van der Waals surface area contributed by atoms with Crippen molar-refractivity contribution in [3.8, 4) is 5.75 Å². The van der Waals surface area contributed by atoms with E-state index in [1.807, 2.05) is 30.3 Å². The molecule has 0 aromatic heterocycles. The van der Waals surface area contributed by atoms with Gasteiger partial charge < -0.3 is 10.1 Å². The average molecular weight is 360 g/mol. The number of anilines is 2. The molecule has 1 aliphatic heterocycles. The van der Waals surface area contributed by atoms with Crippen LogP contribution >= 0.6 is 0 Å². The van der Waals surface area contributed by atoms with Crippen LogP contribution in [0.3, 0.4) is 0 Å². The molecule has 6 nitrogen and oxygen atoms in total. The number of hydrogen-bond acceptors (Lipinski definition) is 4. The Bertz CT molecular complexity index is 820. The van der Waals surface area contributed by atoms with Gasteiger partial charge in [0, 0.05) is 12.2 Å². The predicted octanol–water partition coefficient (Wildman–Crippen LogP) is 2.63. The van der Waals surface area contributed by atoms with E-state index in [9.17, 15) is 13.2 Å². The van der Waals surface area contributed by atoms with E-state index >= 15 is 0 Å². The SMILES string of the molecule is O=C(CCOc1ccccc1)Nc1ccc(N2CCCS2(=O)=O)cc1. The molecule has 1 saturated heterocycles. The lowest BCUT2D eigenvalue weighted by Crippen LogP contribution is -2.25. The molecule has 132 valence electrons. The molecule has 25 heavy (non-hydrogen) atoms. The lowest BCUT2D eigenvalue weighted by atomic mass is 10.2. The van der Waals surface area contributed by atoms with E-state index in [0.717, 1.165) is 5.75 Å². The highest BCUT2D eigenvalue weighted by Gasteiger charge is 2.28. The summed E-state index contributed by atoms with van der Waals surface area (Å²) in [4.78, 5) is 11.9. The maximum absolute atomic E-state index is 11.9. The highest BCUT2D eigenvalue weighted by atomic mass is 32.2. The van der Waals surface area contributed by atoms with Crippen molar-refractivity contribution in [2.75, 3.05) is 28.5 Å². The van der Waals surface area contributed by atoms with Crippen LogP contribution in [0.1, 0.15) is 12.8 Å². The topological polar surface area (TPSA) is 75.7 Å². The molecule has 2 aromatic rings. The molecule has 1 N–H and O–H groups in total. The molecule has 0 atom stereocenters. The van der Waals surface area contributed by atoms with Gasteiger partial charge >= 0.3 is 0 Å². The molecule has 1 aliphatic rings. The summed E-state index contributed by atoms with van der Waals surface area (Å²) in [6, 6.07) is 16.1. The summed E-state index contributed by atoms with van der Waals surface area (Å²) in [6.07, 6.45) is 0.874. The van der Waals surface area contributed by atoms with Gasteiger partial charge in [0.1, 0.15) is 5.75 Å². The molecule has 0 radical (unpaired) electrons. The van der Waals surface area contributed by atoms with Gasteiger partial charge in [-0.2, -0.15) is 0 Å². The van der Waals surface area contributed by atoms with Gasteiger partial charge in [-0.1, -0.05) is 18.2 Å². The van der Waals surface area contributed by atoms with E-state index in [1.165, 1.54) is 4.31 Å². The smallest absolute Gasteiger partial charge is 0.235 e. The first-order valence-electron chi connectivity index (χ1n) is 8.13. The minimum atomic E-state index is -3.18. The van der Waals surface area contributed by atoms with Crippen LogP contribution in [-0.2, 0) is 14.8 Å². The lowest BCUT2D eigenvalue weighted by molar-refractivity contribution is -0.116. The van der Waals surface area contributed by atoms with Crippen molar-refractivity contribution < 1.29 is 17.9 Å². The zero-order valence-corrected chi connectivity index (χ0v) is 14.5. The molecule has 0 bridgehead atoms. The number of carbonyl (C=O) groups excluding carboxylic acids is 1. The monoisotopic (exact) mass is 360 g/mol. The first-order valence-corrected chi connectivity index (χ1v) is 9.74. The molecule has 0 aliphatic carbocycles. The van der Waals surface area contributed by atoms with Crippen LogP contribution in [0.15, 0.2) is 54.6 Å². The number of rotatable bonds is 6. The zero-order chi connectivity index (χ0) is 17.7. The first kappa shape index (κ1) is 17.3. The Morgan fingerprint density at radius 1 is 1.08 bits per heavy atom. The normalized spacial score (nSPS) is 15.8. The predicted molar refractivity (Wildman–Crippen MR) is 97.4 cm³/mol. The molecular weight excluding hydrogens is 340 g/mol. The third-order valence-corrected chi connectivity index (χ3v) is 5.75. The van der Waals surface area contributed by atoms with Crippen molar-refractivity contribution in [3.05, 3.63) is 54.6 Å². The molecule has 2 aromatic carbocycles. The summed E-state index contributed by atoms with van der Waals surface area (Å²) in [7, 11) is -3.18. The van der Waals surface area contributed by atoms with Gasteiger partial charge in [-0.3, -0.25) is 9.10 Å². The highest BCUT2D eigenvalue weighted by molar-refractivity contribution is 7.93. The van der Waals surface area contributed by atoms with Crippen LogP contribution in [0.25, 0.3) is 0 Å². The van der Waals surface area contributed by atoms with E-state index in [2.05, 4.69) is 5.32 Å². The first-order chi connectivity index (χ1) is 12.0. The summed E-state index contributed by atoms with van der Waals surface area (Å²) in [5.41, 5.74) is 1.26. The van der Waals surface area contributed by atoms with Gasteiger partial charge in [0.05, 0.1) is 24.5 Å². The summed E-state index contributed by atoms with van der Waals surface area (Å²) < 4.78 is 30.7. The fourth-order valence-electron chi connectivity index (χ4n) is 2.64. The number of para-hydroxylation sites is 1. The Morgan fingerprint density at radius 3 is 2.44 bits per heavy atom. The molecule has 7 heteroatoms. The number of benzene rings is 2. The van der Waals surface area contributed by atoms with Gasteiger partial charge in [0.15, 0.2) is 0 Å². The van der Waals surface area contributed by atoms with Crippen molar-refractivity contribution in [1.29, 1.82) is 0 Å². The van der Waals surface area contributed by atoms with Gasteiger partial charge in [-0.25, -0.2) is 8.42 Å². The number of sulfonamides is 1. The fraction of sp³-hybridized carbons (Fsp3) is 0.278. The van der Waals surface area contributed by atoms with Gasteiger partial charge in [-0.05, 0) is 42.8 Å². The molecule has 0 saturated carbocycles. The highest BCUT2D eigenvalue weighted by Crippen LogP contribution is 2.25. The largest absolute Gasteiger partial charge is 0.493 e. The van der Waals surface area contributed by atoms with E-state index in [0.29, 0.717) is 30.9 Å². The third-order valence-electron chi connectivity index (χ3n) is 3.88. The maximum atomic E-state index is 11.9. The number of nitrogens with one attached hydrogen (secondary N) is 1. The standard InChI is InChI=1S/C18H20N2O4S/c21-18(11-13-24-17-5-2-1-3-6-17)19-15-7-9-16(10-8-15)20-12-4-14-25(20,22)23/h1-3,5-10H,4,11-14H2,(H,19,21). The maximum Gasteiger partial charge on any atom is 0.235 e. The second-order valence-corrected chi connectivity index (χ2v) is 7.76. The summed E-state index contributed by atoms with van der Waals surface area (Å²) in [5.74, 6) is 0.761. The molecule has 3 rings (SSSR count). The zero-order valence-electron chi connectivity index (χ0n) is 13.7. The fourth-order valence-corrected chi connectivity index (χ4v) is 4.21. The van der Waals surface area contributed by atoms with Crippen LogP contribution < -0.4 is 14.4 Å². The van der Waals surface area contributed by atoms with E-state index in [-0.39, 0.29) is 18.1 Å². The molecule has 1 heterocycles. The van der Waals surface area contributed by atoms with Crippen LogP contribution in [0, 0.1) is 0 Å². The third kappa shape index (κ3) is 4.51. The Balaban J connectivity index is 1.50. The van der Waals surface area contributed by atoms with Crippen molar-refractivity contribution in [1.82, 2.24) is 0 Å². The second-order valence-electron chi connectivity index (χ2n) is 5.75. The van der Waals surface area contributed by atoms with E-state index in [4.69, 9.17) is 4.74 Å².